The largest absolute Gasteiger partial charge is 0.310 e. The molecule has 1 fully saturated rings. The molecule has 0 aliphatic heterocycles. The third kappa shape index (κ3) is 2.82. The number of hydrogen-bond donors (Lipinski definition) is 1. The van der Waals surface area contributed by atoms with Gasteiger partial charge in [0, 0.05) is 17.4 Å². The van der Waals surface area contributed by atoms with Gasteiger partial charge in [-0.05, 0) is 63.3 Å². The summed E-state index contributed by atoms with van der Waals surface area (Å²) in [6, 6.07) is 5.03. The molecule has 0 amide bonds. The molecule has 1 aromatic heterocycles. The topological polar surface area (TPSA) is 24.9 Å². The molecule has 0 spiro atoms. The predicted octanol–water partition coefficient (Wildman–Crippen LogP) is 3.15. The van der Waals surface area contributed by atoms with E-state index in [1.54, 1.807) is 0 Å². The van der Waals surface area contributed by atoms with Gasteiger partial charge >= 0.3 is 0 Å². The van der Waals surface area contributed by atoms with E-state index in [4.69, 9.17) is 0 Å². The molecule has 0 aromatic carbocycles. The van der Waals surface area contributed by atoms with Crippen molar-refractivity contribution < 1.29 is 0 Å². The number of hydrogen-bond acceptors (Lipinski definition) is 2. The maximum Gasteiger partial charge on any atom is 0.0379 e. The number of nitrogens with one attached hydrogen (secondary N) is 1. The third-order valence-corrected chi connectivity index (χ3v) is 3.17. The molecular weight excluding hydrogens is 196 g/mol. The Morgan fingerprint density at radius 1 is 1.31 bits per heavy atom. The summed E-state index contributed by atoms with van der Waals surface area (Å²) in [7, 11) is 0. The van der Waals surface area contributed by atoms with Crippen molar-refractivity contribution in [1.82, 2.24) is 10.3 Å². The Labute approximate surface area is 98.5 Å². The summed E-state index contributed by atoms with van der Waals surface area (Å²) in [6.07, 6.45) is 3.95. The van der Waals surface area contributed by atoms with Crippen molar-refractivity contribution in [2.45, 2.75) is 46.1 Å². The van der Waals surface area contributed by atoms with Crippen LogP contribution in [-0.4, -0.2) is 11.5 Å². The van der Waals surface area contributed by atoms with E-state index in [-0.39, 0.29) is 0 Å². The van der Waals surface area contributed by atoms with E-state index in [9.17, 15) is 0 Å². The molecule has 1 aliphatic rings. The monoisotopic (exact) mass is 218 g/mol. The lowest BCUT2D eigenvalue weighted by molar-refractivity contribution is 0.480. The van der Waals surface area contributed by atoms with Gasteiger partial charge in [-0.25, -0.2) is 0 Å². The molecule has 1 unspecified atom stereocenters. The van der Waals surface area contributed by atoms with E-state index >= 15 is 0 Å². The molecule has 1 atom stereocenters. The lowest BCUT2D eigenvalue weighted by Gasteiger charge is -2.19. The molecule has 0 saturated heterocycles. The van der Waals surface area contributed by atoms with Crippen LogP contribution in [0.5, 0.6) is 0 Å². The highest BCUT2D eigenvalue weighted by Crippen LogP contribution is 2.41. The molecule has 2 rings (SSSR count). The van der Waals surface area contributed by atoms with Crippen molar-refractivity contribution in [3.8, 4) is 0 Å². The van der Waals surface area contributed by atoms with Crippen LogP contribution in [0.3, 0.4) is 0 Å². The van der Waals surface area contributed by atoms with Gasteiger partial charge in [0.25, 0.3) is 0 Å². The standard InChI is InChI=1S/C14H22N2/c1-4-7-15-14(12-5-6-12)13-8-10(2)16-11(3)9-13/h8-9,12,14-15H,4-7H2,1-3H3. The number of aromatic nitrogens is 1. The molecule has 88 valence electrons. The van der Waals surface area contributed by atoms with Crippen LogP contribution in [0.15, 0.2) is 12.1 Å². The number of rotatable bonds is 5. The van der Waals surface area contributed by atoms with Crippen LogP contribution in [-0.2, 0) is 0 Å². The van der Waals surface area contributed by atoms with E-state index in [0.29, 0.717) is 6.04 Å². The van der Waals surface area contributed by atoms with Crippen LogP contribution in [0.2, 0.25) is 0 Å². The summed E-state index contributed by atoms with van der Waals surface area (Å²) in [4.78, 5) is 4.45. The molecule has 2 nitrogen and oxygen atoms in total. The summed E-state index contributed by atoms with van der Waals surface area (Å²) in [5.74, 6) is 0.854. The summed E-state index contributed by atoms with van der Waals surface area (Å²) in [5.41, 5.74) is 3.71. The van der Waals surface area contributed by atoms with Crippen molar-refractivity contribution in [3.05, 3.63) is 29.1 Å². The lowest BCUT2D eigenvalue weighted by atomic mass is 10.0. The number of pyridine rings is 1. The van der Waals surface area contributed by atoms with Gasteiger partial charge in [0.1, 0.15) is 0 Å². The van der Waals surface area contributed by atoms with Crippen molar-refractivity contribution >= 4 is 0 Å². The SMILES string of the molecule is CCCNC(c1cc(C)nc(C)c1)C1CC1. The highest BCUT2D eigenvalue weighted by Gasteiger charge is 2.31. The molecule has 0 bridgehead atoms. The maximum absolute atomic E-state index is 4.45. The Hall–Kier alpha value is -0.890. The van der Waals surface area contributed by atoms with E-state index in [0.717, 1.165) is 23.9 Å². The Morgan fingerprint density at radius 3 is 2.44 bits per heavy atom. The summed E-state index contributed by atoms with van der Waals surface area (Å²) >= 11 is 0. The Kier molecular flexibility index (Phi) is 3.59. The zero-order chi connectivity index (χ0) is 11.5. The van der Waals surface area contributed by atoms with Gasteiger partial charge in [0.2, 0.25) is 0 Å². The summed E-state index contributed by atoms with van der Waals surface area (Å²) in [5, 5.41) is 3.67. The first-order valence-electron chi connectivity index (χ1n) is 6.39. The highest BCUT2D eigenvalue weighted by molar-refractivity contribution is 5.25. The van der Waals surface area contributed by atoms with Gasteiger partial charge in [-0.1, -0.05) is 6.92 Å². The minimum absolute atomic E-state index is 0.556. The Bertz CT molecular complexity index is 336. The second kappa shape index (κ2) is 4.96. The summed E-state index contributed by atoms with van der Waals surface area (Å²) < 4.78 is 0. The van der Waals surface area contributed by atoms with Crippen LogP contribution in [0.4, 0.5) is 0 Å². The molecule has 1 heterocycles. The zero-order valence-electron chi connectivity index (χ0n) is 10.6. The van der Waals surface area contributed by atoms with Gasteiger partial charge in [0.15, 0.2) is 0 Å². The van der Waals surface area contributed by atoms with Crippen molar-refractivity contribution in [2.24, 2.45) is 5.92 Å². The van der Waals surface area contributed by atoms with E-state index in [1.807, 2.05) is 0 Å². The minimum Gasteiger partial charge on any atom is -0.310 e. The third-order valence-electron chi connectivity index (χ3n) is 3.17. The van der Waals surface area contributed by atoms with Crippen LogP contribution in [0.25, 0.3) is 0 Å². The molecule has 16 heavy (non-hydrogen) atoms. The fraction of sp³-hybridized carbons (Fsp3) is 0.643. The highest BCUT2D eigenvalue weighted by atomic mass is 14.9. The first-order valence-corrected chi connectivity index (χ1v) is 6.39. The molecule has 2 heteroatoms. The second-order valence-corrected chi connectivity index (χ2v) is 4.95. The number of nitrogens with zero attached hydrogens (tertiary/aromatic N) is 1. The van der Waals surface area contributed by atoms with Crippen molar-refractivity contribution in [1.29, 1.82) is 0 Å². The van der Waals surface area contributed by atoms with Gasteiger partial charge in [-0.15, -0.1) is 0 Å². The second-order valence-electron chi connectivity index (χ2n) is 4.95. The Morgan fingerprint density at radius 2 is 1.94 bits per heavy atom. The van der Waals surface area contributed by atoms with Crippen LogP contribution < -0.4 is 5.32 Å². The molecule has 1 aliphatic carbocycles. The van der Waals surface area contributed by atoms with Gasteiger partial charge in [-0.3, -0.25) is 4.98 Å². The van der Waals surface area contributed by atoms with Gasteiger partial charge in [0.05, 0.1) is 0 Å². The van der Waals surface area contributed by atoms with E-state index in [2.05, 4.69) is 43.2 Å². The average molecular weight is 218 g/mol. The van der Waals surface area contributed by atoms with Crippen molar-refractivity contribution in [2.75, 3.05) is 6.54 Å². The number of aryl methyl sites for hydroxylation is 2. The van der Waals surface area contributed by atoms with E-state index < -0.39 is 0 Å². The quantitative estimate of drug-likeness (QED) is 0.821. The van der Waals surface area contributed by atoms with Gasteiger partial charge in [-0.2, -0.15) is 0 Å². The average Bonchev–Trinajstić information content (AvgIpc) is 3.01. The first-order chi connectivity index (χ1) is 7.70. The molecule has 1 saturated carbocycles. The molecule has 1 N–H and O–H groups in total. The Balaban J connectivity index is 2.16. The summed E-state index contributed by atoms with van der Waals surface area (Å²) in [6.45, 7) is 7.50. The van der Waals surface area contributed by atoms with E-state index in [1.165, 1.54) is 24.8 Å². The van der Waals surface area contributed by atoms with Crippen LogP contribution in [0.1, 0.15) is 49.2 Å². The normalized spacial score (nSPS) is 17.4. The first kappa shape index (κ1) is 11.6. The fourth-order valence-electron chi connectivity index (χ4n) is 2.33. The molecular formula is C14H22N2. The van der Waals surface area contributed by atoms with Gasteiger partial charge < -0.3 is 5.32 Å². The molecule has 0 radical (unpaired) electrons. The van der Waals surface area contributed by atoms with Crippen LogP contribution >= 0.6 is 0 Å². The predicted molar refractivity (Wildman–Crippen MR) is 67.5 cm³/mol. The smallest absolute Gasteiger partial charge is 0.0379 e. The fourth-order valence-corrected chi connectivity index (χ4v) is 2.33. The minimum atomic E-state index is 0.556. The van der Waals surface area contributed by atoms with Crippen LogP contribution in [0, 0.1) is 19.8 Å². The lowest BCUT2D eigenvalue weighted by Crippen LogP contribution is -2.24. The maximum atomic E-state index is 4.45. The molecule has 1 aromatic rings. The van der Waals surface area contributed by atoms with Crippen molar-refractivity contribution in [3.63, 3.8) is 0 Å². The zero-order valence-corrected chi connectivity index (χ0v) is 10.6.